The Morgan fingerprint density at radius 3 is 2.96 bits per heavy atom. The van der Waals surface area contributed by atoms with Crippen LogP contribution in [0.5, 0.6) is 0 Å². The van der Waals surface area contributed by atoms with Gasteiger partial charge in [-0.25, -0.2) is 4.98 Å². The van der Waals surface area contributed by atoms with E-state index in [0.717, 1.165) is 29.1 Å². The third-order valence-corrected chi connectivity index (χ3v) is 5.27. The van der Waals surface area contributed by atoms with Gasteiger partial charge in [-0.05, 0) is 25.3 Å². The smallest absolute Gasteiger partial charge is 0.263 e. The van der Waals surface area contributed by atoms with E-state index in [2.05, 4.69) is 10.3 Å². The van der Waals surface area contributed by atoms with Gasteiger partial charge < -0.3 is 14.8 Å². The lowest BCUT2D eigenvalue weighted by Crippen LogP contribution is -2.50. The average Bonchev–Trinajstić information content (AvgIpc) is 3.03. The summed E-state index contributed by atoms with van der Waals surface area (Å²) in [5.41, 5.74) is 1.99. The normalized spacial score (nSPS) is 20.4. The molecule has 1 amide bonds. The number of carbonyl (C=O) groups excluding carboxylic acids is 1. The summed E-state index contributed by atoms with van der Waals surface area (Å²) >= 11 is 1.44. The molecule has 0 radical (unpaired) electrons. The zero-order valence-corrected chi connectivity index (χ0v) is 15.5. The molecule has 1 aromatic heterocycles. The molecule has 0 spiro atoms. The number of nitrogens with zero attached hydrogens (tertiary/aromatic N) is 1. The van der Waals surface area contributed by atoms with Gasteiger partial charge in [-0.1, -0.05) is 37.3 Å². The number of carbonyl (C=O) groups is 1. The summed E-state index contributed by atoms with van der Waals surface area (Å²) in [6.07, 6.45) is 1.49. The average molecular weight is 360 g/mol. The third-order valence-electron chi connectivity index (χ3n) is 4.26. The van der Waals surface area contributed by atoms with E-state index in [-0.39, 0.29) is 18.1 Å². The van der Waals surface area contributed by atoms with Crippen molar-refractivity contribution in [3.05, 3.63) is 51.5 Å². The lowest BCUT2D eigenvalue weighted by Gasteiger charge is -2.32. The first-order valence-electron chi connectivity index (χ1n) is 8.67. The van der Waals surface area contributed by atoms with Crippen molar-refractivity contribution in [1.29, 1.82) is 0 Å². The standard InChI is InChI=1S/C19H24N2O3S/c1-3-15-18(25-13(2)20-15)19(22)21-16-12-23-10-9-17(16)24-11-14-7-5-4-6-8-14/h4-8,16-17H,3,9-12H2,1-2H3,(H,21,22)/t16-,17+/m1/s1. The number of aromatic nitrogens is 1. The summed E-state index contributed by atoms with van der Waals surface area (Å²) in [6.45, 7) is 5.62. The molecule has 5 nitrogen and oxygen atoms in total. The molecule has 1 saturated heterocycles. The van der Waals surface area contributed by atoms with Gasteiger partial charge in [0.05, 0.1) is 36.1 Å². The van der Waals surface area contributed by atoms with Crippen LogP contribution in [0.3, 0.4) is 0 Å². The van der Waals surface area contributed by atoms with Gasteiger partial charge in [0.15, 0.2) is 0 Å². The summed E-state index contributed by atoms with van der Waals surface area (Å²) in [5.74, 6) is -0.0775. The molecule has 25 heavy (non-hydrogen) atoms. The lowest BCUT2D eigenvalue weighted by molar-refractivity contribution is -0.0605. The quantitative estimate of drug-likeness (QED) is 0.860. The van der Waals surface area contributed by atoms with Crippen molar-refractivity contribution in [2.45, 2.75) is 45.4 Å². The maximum atomic E-state index is 12.7. The summed E-state index contributed by atoms with van der Waals surface area (Å²) in [7, 11) is 0. The van der Waals surface area contributed by atoms with Crippen molar-refractivity contribution in [3.63, 3.8) is 0 Å². The second kappa shape index (κ2) is 8.56. The van der Waals surface area contributed by atoms with Gasteiger partial charge >= 0.3 is 0 Å². The van der Waals surface area contributed by atoms with E-state index in [1.807, 2.05) is 44.2 Å². The van der Waals surface area contributed by atoms with E-state index in [1.165, 1.54) is 11.3 Å². The Kier molecular flexibility index (Phi) is 6.18. The zero-order chi connectivity index (χ0) is 17.6. The molecule has 1 aromatic carbocycles. The van der Waals surface area contributed by atoms with Gasteiger partial charge in [-0.3, -0.25) is 4.79 Å². The van der Waals surface area contributed by atoms with E-state index >= 15 is 0 Å². The van der Waals surface area contributed by atoms with Crippen LogP contribution in [0.25, 0.3) is 0 Å². The summed E-state index contributed by atoms with van der Waals surface area (Å²) in [6, 6.07) is 9.93. The minimum absolute atomic E-state index is 0.0444. The van der Waals surface area contributed by atoms with Crippen LogP contribution in [0.4, 0.5) is 0 Å². The second-order valence-corrected chi connectivity index (χ2v) is 7.34. The molecule has 2 atom stereocenters. The number of ether oxygens (including phenoxy) is 2. The van der Waals surface area contributed by atoms with Crippen molar-refractivity contribution >= 4 is 17.2 Å². The van der Waals surface area contributed by atoms with E-state index in [1.54, 1.807) is 0 Å². The summed E-state index contributed by atoms with van der Waals surface area (Å²) < 4.78 is 11.6. The van der Waals surface area contributed by atoms with Gasteiger partial charge in [0.2, 0.25) is 0 Å². The first kappa shape index (κ1) is 18.0. The fraction of sp³-hybridized carbons (Fsp3) is 0.474. The molecule has 134 valence electrons. The first-order valence-corrected chi connectivity index (χ1v) is 9.49. The molecular weight excluding hydrogens is 336 g/mol. The van der Waals surface area contributed by atoms with E-state index in [0.29, 0.717) is 24.7 Å². The van der Waals surface area contributed by atoms with Crippen molar-refractivity contribution in [1.82, 2.24) is 10.3 Å². The third kappa shape index (κ3) is 4.66. The van der Waals surface area contributed by atoms with Crippen LogP contribution in [0.1, 0.15) is 39.3 Å². The number of hydrogen-bond acceptors (Lipinski definition) is 5. The second-order valence-electron chi connectivity index (χ2n) is 6.14. The predicted octanol–water partition coefficient (Wildman–Crippen LogP) is 3.12. The number of hydrogen-bond donors (Lipinski definition) is 1. The molecule has 1 aliphatic rings. The van der Waals surface area contributed by atoms with Gasteiger partial charge in [0.1, 0.15) is 4.88 Å². The maximum absolute atomic E-state index is 12.7. The molecule has 0 unspecified atom stereocenters. The van der Waals surface area contributed by atoms with Crippen LogP contribution < -0.4 is 5.32 Å². The van der Waals surface area contributed by atoms with Gasteiger partial charge in [-0.15, -0.1) is 11.3 Å². The van der Waals surface area contributed by atoms with Crippen LogP contribution in [0, 0.1) is 6.92 Å². The van der Waals surface area contributed by atoms with E-state index < -0.39 is 0 Å². The molecular formula is C19H24N2O3S. The minimum atomic E-state index is -0.142. The first-order chi connectivity index (χ1) is 12.2. The summed E-state index contributed by atoms with van der Waals surface area (Å²) in [4.78, 5) is 17.8. The minimum Gasteiger partial charge on any atom is -0.379 e. The topological polar surface area (TPSA) is 60.5 Å². The Morgan fingerprint density at radius 1 is 1.40 bits per heavy atom. The molecule has 2 aromatic rings. The SMILES string of the molecule is CCc1nc(C)sc1C(=O)N[C@@H]1COCC[C@@H]1OCc1ccccc1. The summed E-state index contributed by atoms with van der Waals surface area (Å²) in [5, 5.41) is 4.01. The van der Waals surface area contributed by atoms with Crippen molar-refractivity contribution in [2.75, 3.05) is 13.2 Å². The number of amides is 1. The molecule has 0 saturated carbocycles. The Hall–Kier alpha value is -1.76. The largest absolute Gasteiger partial charge is 0.379 e. The van der Waals surface area contributed by atoms with E-state index in [4.69, 9.17) is 9.47 Å². The fourth-order valence-electron chi connectivity index (χ4n) is 2.95. The molecule has 6 heteroatoms. The Bertz CT molecular complexity index is 702. The lowest BCUT2D eigenvalue weighted by atomic mass is 10.1. The Balaban J connectivity index is 1.63. The monoisotopic (exact) mass is 360 g/mol. The Labute approximate surface area is 152 Å². The number of benzene rings is 1. The predicted molar refractivity (Wildman–Crippen MR) is 97.9 cm³/mol. The molecule has 1 aliphatic heterocycles. The fourth-order valence-corrected chi connectivity index (χ4v) is 3.86. The number of thiazole rings is 1. The zero-order valence-electron chi connectivity index (χ0n) is 14.7. The number of rotatable bonds is 6. The van der Waals surface area contributed by atoms with Crippen LogP contribution >= 0.6 is 11.3 Å². The van der Waals surface area contributed by atoms with Crippen LogP contribution in [-0.4, -0.2) is 36.3 Å². The molecule has 3 rings (SSSR count). The molecule has 0 aliphatic carbocycles. The van der Waals surface area contributed by atoms with Crippen molar-refractivity contribution in [2.24, 2.45) is 0 Å². The highest BCUT2D eigenvalue weighted by atomic mass is 32.1. The van der Waals surface area contributed by atoms with Gasteiger partial charge in [-0.2, -0.15) is 0 Å². The maximum Gasteiger partial charge on any atom is 0.263 e. The van der Waals surface area contributed by atoms with Gasteiger partial charge in [0, 0.05) is 6.61 Å². The molecule has 0 bridgehead atoms. The number of nitrogens with one attached hydrogen (secondary N) is 1. The van der Waals surface area contributed by atoms with Crippen LogP contribution in [0.15, 0.2) is 30.3 Å². The van der Waals surface area contributed by atoms with E-state index in [9.17, 15) is 4.79 Å². The van der Waals surface area contributed by atoms with Gasteiger partial charge in [0.25, 0.3) is 5.91 Å². The molecule has 1 fully saturated rings. The number of aryl methyl sites for hydroxylation is 2. The highest BCUT2D eigenvalue weighted by molar-refractivity contribution is 7.13. The van der Waals surface area contributed by atoms with Crippen LogP contribution in [-0.2, 0) is 22.5 Å². The molecule has 1 N–H and O–H groups in total. The van der Waals surface area contributed by atoms with Crippen LogP contribution in [0.2, 0.25) is 0 Å². The molecule has 2 heterocycles. The van der Waals surface area contributed by atoms with Crippen molar-refractivity contribution in [3.8, 4) is 0 Å². The Morgan fingerprint density at radius 2 is 2.20 bits per heavy atom. The van der Waals surface area contributed by atoms with Crippen molar-refractivity contribution < 1.29 is 14.3 Å². The highest BCUT2D eigenvalue weighted by Crippen LogP contribution is 2.20. The highest BCUT2D eigenvalue weighted by Gasteiger charge is 2.29.